The highest BCUT2D eigenvalue weighted by Crippen LogP contribution is 2.25. The van der Waals surface area contributed by atoms with Crippen LogP contribution in [0, 0.1) is 18.6 Å². The molecule has 0 fully saturated rings. The molecule has 3 aromatic rings. The van der Waals surface area contributed by atoms with E-state index in [4.69, 9.17) is 9.84 Å². The Kier molecular flexibility index (Phi) is 5.82. The van der Waals surface area contributed by atoms with Crippen molar-refractivity contribution in [1.82, 2.24) is 10.3 Å². The number of carbonyl (C=O) groups excluding carboxylic acids is 1. The van der Waals surface area contributed by atoms with Crippen LogP contribution in [0.3, 0.4) is 0 Å². The topological polar surface area (TPSA) is 88.5 Å². The summed E-state index contributed by atoms with van der Waals surface area (Å²) in [6.45, 7) is 1.65. The number of nitrogens with zero attached hydrogens (tertiary/aromatic N) is 1. The third kappa shape index (κ3) is 4.92. The van der Waals surface area contributed by atoms with Crippen LogP contribution in [0.2, 0.25) is 0 Å². The number of aromatic nitrogens is 1. The summed E-state index contributed by atoms with van der Waals surface area (Å²) >= 11 is 0. The van der Waals surface area contributed by atoms with Gasteiger partial charge in [-0.1, -0.05) is 12.1 Å². The molecule has 1 heterocycles. The van der Waals surface area contributed by atoms with E-state index >= 15 is 0 Å². The lowest BCUT2D eigenvalue weighted by Gasteiger charge is -2.11. The van der Waals surface area contributed by atoms with Crippen molar-refractivity contribution in [3.05, 3.63) is 88.6 Å². The summed E-state index contributed by atoms with van der Waals surface area (Å²) in [7, 11) is 0. The number of rotatable bonds is 6. The highest BCUT2D eigenvalue weighted by Gasteiger charge is 2.17. The number of aryl methyl sites for hydroxylation is 1. The van der Waals surface area contributed by atoms with E-state index < -0.39 is 23.5 Å². The summed E-state index contributed by atoms with van der Waals surface area (Å²) in [5.74, 6) is -2.69. The van der Waals surface area contributed by atoms with Crippen LogP contribution in [-0.4, -0.2) is 22.0 Å². The zero-order chi connectivity index (χ0) is 21.0. The molecule has 0 radical (unpaired) electrons. The highest BCUT2D eigenvalue weighted by atomic mass is 19.1. The quantitative estimate of drug-likeness (QED) is 0.653. The number of pyridine rings is 1. The average molecular weight is 398 g/mol. The SMILES string of the molecule is Cc1cc(Oc2ncc(F)cc2C(=O)NCc2ccc(C(=O)O)cc2)ccc1F. The lowest BCUT2D eigenvalue weighted by molar-refractivity contribution is 0.0696. The van der Waals surface area contributed by atoms with Gasteiger partial charge in [0.2, 0.25) is 5.88 Å². The second kappa shape index (κ2) is 8.47. The number of benzene rings is 2. The molecule has 8 heteroatoms. The number of aromatic carboxylic acids is 1. The van der Waals surface area contributed by atoms with Crippen molar-refractivity contribution in [3.8, 4) is 11.6 Å². The van der Waals surface area contributed by atoms with Gasteiger partial charge in [-0.15, -0.1) is 0 Å². The molecule has 0 bridgehead atoms. The molecule has 0 atom stereocenters. The Morgan fingerprint density at radius 2 is 1.83 bits per heavy atom. The van der Waals surface area contributed by atoms with Crippen LogP contribution >= 0.6 is 0 Å². The van der Waals surface area contributed by atoms with Gasteiger partial charge >= 0.3 is 5.97 Å². The van der Waals surface area contributed by atoms with Crippen LogP contribution in [0.4, 0.5) is 8.78 Å². The van der Waals surface area contributed by atoms with E-state index in [1.54, 1.807) is 19.1 Å². The van der Waals surface area contributed by atoms with Crippen molar-refractivity contribution in [2.75, 3.05) is 0 Å². The Bertz CT molecular complexity index is 1070. The van der Waals surface area contributed by atoms with Gasteiger partial charge in [0.05, 0.1) is 11.8 Å². The van der Waals surface area contributed by atoms with Gasteiger partial charge in [0.15, 0.2) is 0 Å². The summed E-state index contributed by atoms with van der Waals surface area (Å²) in [6.07, 6.45) is 0.910. The fourth-order valence-corrected chi connectivity index (χ4v) is 2.51. The molecule has 1 amide bonds. The van der Waals surface area contributed by atoms with Gasteiger partial charge in [-0.25, -0.2) is 18.6 Å². The maximum atomic E-state index is 13.6. The number of hydrogen-bond acceptors (Lipinski definition) is 4. The third-order valence-corrected chi connectivity index (χ3v) is 4.06. The average Bonchev–Trinajstić information content (AvgIpc) is 2.70. The first kappa shape index (κ1) is 19.9. The van der Waals surface area contributed by atoms with E-state index in [1.165, 1.54) is 30.3 Å². The Morgan fingerprint density at radius 3 is 2.48 bits per heavy atom. The minimum atomic E-state index is -1.05. The maximum absolute atomic E-state index is 13.6. The molecule has 0 spiro atoms. The molecular weight excluding hydrogens is 382 g/mol. The van der Waals surface area contributed by atoms with E-state index in [-0.39, 0.29) is 29.3 Å². The monoisotopic (exact) mass is 398 g/mol. The number of nitrogens with one attached hydrogen (secondary N) is 1. The lowest BCUT2D eigenvalue weighted by Crippen LogP contribution is -2.23. The number of carboxylic acids is 1. The predicted octanol–water partition coefficient (Wildman–Crippen LogP) is 4.09. The second-order valence-electron chi connectivity index (χ2n) is 6.20. The second-order valence-corrected chi connectivity index (χ2v) is 6.20. The van der Waals surface area contributed by atoms with E-state index in [2.05, 4.69) is 10.3 Å². The van der Waals surface area contributed by atoms with Crippen LogP contribution in [0.25, 0.3) is 0 Å². The fourth-order valence-electron chi connectivity index (χ4n) is 2.51. The largest absolute Gasteiger partial charge is 0.478 e. The van der Waals surface area contributed by atoms with E-state index in [0.29, 0.717) is 11.1 Å². The zero-order valence-electron chi connectivity index (χ0n) is 15.3. The number of hydrogen-bond donors (Lipinski definition) is 2. The lowest BCUT2D eigenvalue weighted by atomic mass is 10.1. The fraction of sp³-hybridized carbons (Fsp3) is 0.0952. The first-order valence-corrected chi connectivity index (χ1v) is 8.53. The standard InChI is InChI=1S/C21H16F2N2O4/c1-12-8-16(6-7-18(12)23)29-20-17(9-15(22)11-25-20)19(26)24-10-13-2-4-14(5-3-13)21(27)28/h2-9,11H,10H2,1H3,(H,24,26)(H,27,28). The van der Waals surface area contributed by atoms with E-state index in [0.717, 1.165) is 12.3 Å². The Labute approximate surface area is 164 Å². The summed E-state index contributed by atoms with van der Waals surface area (Å²) in [5.41, 5.74) is 0.999. The molecule has 0 saturated heterocycles. The van der Waals surface area contributed by atoms with Gasteiger partial charge in [0, 0.05) is 6.54 Å². The maximum Gasteiger partial charge on any atom is 0.335 e. The van der Waals surface area contributed by atoms with Crippen LogP contribution in [-0.2, 0) is 6.54 Å². The molecular formula is C21H16F2N2O4. The smallest absolute Gasteiger partial charge is 0.335 e. The number of ether oxygens (including phenoxy) is 1. The molecule has 3 rings (SSSR count). The molecule has 0 unspecified atom stereocenters. The van der Waals surface area contributed by atoms with Gasteiger partial charge in [-0.05, 0) is 54.4 Å². The normalized spacial score (nSPS) is 10.4. The molecule has 2 N–H and O–H groups in total. The zero-order valence-corrected chi connectivity index (χ0v) is 15.3. The van der Waals surface area contributed by atoms with Crippen molar-refractivity contribution >= 4 is 11.9 Å². The van der Waals surface area contributed by atoms with Crippen molar-refractivity contribution in [3.63, 3.8) is 0 Å². The van der Waals surface area contributed by atoms with Gasteiger partial charge in [0.25, 0.3) is 5.91 Å². The molecule has 6 nitrogen and oxygen atoms in total. The molecule has 2 aromatic carbocycles. The molecule has 0 saturated carbocycles. The Morgan fingerprint density at radius 1 is 1.10 bits per heavy atom. The van der Waals surface area contributed by atoms with Gasteiger partial charge in [-0.3, -0.25) is 4.79 Å². The van der Waals surface area contributed by atoms with Crippen LogP contribution < -0.4 is 10.1 Å². The molecule has 1 aromatic heterocycles. The van der Waals surface area contributed by atoms with Crippen molar-refractivity contribution in [2.45, 2.75) is 13.5 Å². The van der Waals surface area contributed by atoms with E-state index in [9.17, 15) is 18.4 Å². The molecule has 0 aliphatic rings. The third-order valence-electron chi connectivity index (χ3n) is 4.06. The first-order chi connectivity index (χ1) is 13.8. The Hall–Kier alpha value is -3.81. The van der Waals surface area contributed by atoms with Crippen molar-refractivity contribution < 1.29 is 28.2 Å². The molecule has 29 heavy (non-hydrogen) atoms. The van der Waals surface area contributed by atoms with Gasteiger partial charge in [0.1, 0.15) is 22.9 Å². The van der Waals surface area contributed by atoms with Gasteiger partial charge in [-0.2, -0.15) is 0 Å². The molecule has 148 valence electrons. The number of amides is 1. The predicted molar refractivity (Wildman–Crippen MR) is 100.0 cm³/mol. The van der Waals surface area contributed by atoms with Gasteiger partial charge < -0.3 is 15.2 Å². The van der Waals surface area contributed by atoms with Crippen molar-refractivity contribution in [1.29, 1.82) is 0 Å². The highest BCUT2D eigenvalue weighted by molar-refractivity contribution is 5.96. The van der Waals surface area contributed by atoms with Crippen LogP contribution in [0.15, 0.2) is 54.7 Å². The number of carboxylic acid groups (broad SMARTS) is 1. The summed E-state index contributed by atoms with van der Waals surface area (Å²) in [5, 5.41) is 11.5. The number of halogens is 2. The first-order valence-electron chi connectivity index (χ1n) is 8.53. The minimum Gasteiger partial charge on any atom is -0.478 e. The summed E-state index contributed by atoms with van der Waals surface area (Å²) in [6, 6.07) is 11.0. The van der Waals surface area contributed by atoms with Crippen LogP contribution in [0.5, 0.6) is 11.6 Å². The van der Waals surface area contributed by atoms with Crippen molar-refractivity contribution in [2.24, 2.45) is 0 Å². The summed E-state index contributed by atoms with van der Waals surface area (Å²) < 4.78 is 32.6. The van der Waals surface area contributed by atoms with Crippen LogP contribution in [0.1, 0.15) is 31.8 Å². The minimum absolute atomic E-state index is 0.0876. The molecule has 0 aliphatic heterocycles. The molecule has 0 aliphatic carbocycles. The summed E-state index contributed by atoms with van der Waals surface area (Å²) in [4.78, 5) is 27.2. The number of carbonyl (C=O) groups is 2. The Balaban J connectivity index is 1.76. The van der Waals surface area contributed by atoms with E-state index in [1.807, 2.05) is 0 Å².